The van der Waals surface area contributed by atoms with E-state index in [0.717, 1.165) is 12.8 Å². The van der Waals surface area contributed by atoms with E-state index in [9.17, 15) is 18.8 Å². The molecule has 4 rings (SSSR count). The maximum atomic E-state index is 14.0. The van der Waals surface area contributed by atoms with Gasteiger partial charge in [0.1, 0.15) is 18.2 Å². The number of fused-ring (bicyclic) bond motifs is 1. The Hall–Kier alpha value is -3.07. The SMILES string of the molecule is COCC(=O)N1CCc2nc([C@@H]3CCCCN3C(=O)Cc3ccccc3F)[nH]c(=O)c2C1. The van der Waals surface area contributed by atoms with Crippen molar-refractivity contribution in [1.82, 2.24) is 19.8 Å². The van der Waals surface area contributed by atoms with Crippen LogP contribution < -0.4 is 5.56 Å². The number of nitrogens with zero attached hydrogens (tertiary/aromatic N) is 3. The molecule has 2 aliphatic rings. The molecule has 170 valence electrons. The monoisotopic (exact) mass is 442 g/mol. The summed E-state index contributed by atoms with van der Waals surface area (Å²) in [7, 11) is 1.46. The van der Waals surface area contributed by atoms with Crippen LogP contribution in [0.25, 0.3) is 0 Å². The number of halogens is 1. The first kappa shape index (κ1) is 22.1. The molecule has 0 spiro atoms. The number of hydrogen-bond donors (Lipinski definition) is 1. The van der Waals surface area contributed by atoms with E-state index in [0.29, 0.717) is 48.6 Å². The summed E-state index contributed by atoms with van der Waals surface area (Å²) in [6, 6.07) is 5.91. The third-order valence-corrected chi connectivity index (χ3v) is 6.15. The van der Waals surface area contributed by atoms with Gasteiger partial charge < -0.3 is 19.5 Å². The first-order valence-corrected chi connectivity index (χ1v) is 10.9. The number of aromatic nitrogens is 2. The summed E-state index contributed by atoms with van der Waals surface area (Å²) in [6.07, 6.45) is 2.88. The van der Waals surface area contributed by atoms with E-state index >= 15 is 0 Å². The molecule has 1 atom stereocenters. The van der Waals surface area contributed by atoms with Crippen molar-refractivity contribution < 1.29 is 18.7 Å². The van der Waals surface area contributed by atoms with Crippen molar-refractivity contribution in [1.29, 1.82) is 0 Å². The van der Waals surface area contributed by atoms with Crippen LogP contribution in [0.2, 0.25) is 0 Å². The number of rotatable bonds is 5. The molecule has 32 heavy (non-hydrogen) atoms. The molecule has 1 N–H and O–H groups in total. The third-order valence-electron chi connectivity index (χ3n) is 6.15. The van der Waals surface area contributed by atoms with Crippen LogP contribution in [0.3, 0.4) is 0 Å². The lowest BCUT2D eigenvalue weighted by Gasteiger charge is -2.36. The minimum atomic E-state index is -0.401. The number of benzene rings is 1. The predicted octanol–water partition coefficient (Wildman–Crippen LogP) is 1.74. The largest absolute Gasteiger partial charge is 0.375 e. The molecule has 0 bridgehead atoms. The van der Waals surface area contributed by atoms with Gasteiger partial charge in [-0.2, -0.15) is 0 Å². The Labute approximate surface area is 185 Å². The van der Waals surface area contributed by atoms with Gasteiger partial charge in [0.25, 0.3) is 5.56 Å². The Morgan fingerprint density at radius 1 is 1.22 bits per heavy atom. The van der Waals surface area contributed by atoms with Crippen molar-refractivity contribution in [2.75, 3.05) is 26.8 Å². The molecule has 2 aliphatic heterocycles. The highest BCUT2D eigenvalue weighted by Crippen LogP contribution is 2.30. The maximum Gasteiger partial charge on any atom is 0.256 e. The average Bonchev–Trinajstić information content (AvgIpc) is 2.80. The van der Waals surface area contributed by atoms with Crippen molar-refractivity contribution in [3.05, 3.63) is 63.1 Å². The fourth-order valence-electron chi connectivity index (χ4n) is 4.45. The molecule has 2 amide bonds. The second kappa shape index (κ2) is 9.60. The van der Waals surface area contributed by atoms with Gasteiger partial charge in [-0.1, -0.05) is 18.2 Å². The smallest absolute Gasteiger partial charge is 0.256 e. The average molecular weight is 442 g/mol. The molecule has 1 aromatic carbocycles. The summed E-state index contributed by atoms with van der Waals surface area (Å²) < 4.78 is 19.0. The second-order valence-electron chi connectivity index (χ2n) is 8.24. The molecule has 0 radical (unpaired) electrons. The second-order valence-corrected chi connectivity index (χ2v) is 8.24. The summed E-state index contributed by atoms with van der Waals surface area (Å²) in [4.78, 5) is 48.9. The van der Waals surface area contributed by atoms with E-state index in [1.807, 2.05) is 0 Å². The minimum absolute atomic E-state index is 0.0279. The third kappa shape index (κ3) is 4.57. The molecular weight excluding hydrogens is 415 g/mol. The minimum Gasteiger partial charge on any atom is -0.375 e. The van der Waals surface area contributed by atoms with Crippen LogP contribution in [0.15, 0.2) is 29.1 Å². The number of H-pyrrole nitrogens is 1. The van der Waals surface area contributed by atoms with Crippen molar-refractivity contribution in [2.45, 2.75) is 44.7 Å². The highest BCUT2D eigenvalue weighted by atomic mass is 19.1. The Bertz CT molecular complexity index is 1070. The van der Waals surface area contributed by atoms with E-state index < -0.39 is 5.82 Å². The van der Waals surface area contributed by atoms with Gasteiger partial charge in [-0.05, 0) is 30.9 Å². The number of piperidine rings is 1. The summed E-state index contributed by atoms with van der Waals surface area (Å²) in [5.74, 6) is -0.287. The highest BCUT2D eigenvalue weighted by molar-refractivity contribution is 5.79. The zero-order valence-corrected chi connectivity index (χ0v) is 18.1. The maximum absolute atomic E-state index is 14.0. The van der Waals surface area contributed by atoms with Crippen LogP contribution in [-0.2, 0) is 33.7 Å². The zero-order chi connectivity index (χ0) is 22.7. The molecule has 1 saturated heterocycles. The number of amides is 2. The molecule has 8 nitrogen and oxygen atoms in total. The first-order valence-electron chi connectivity index (χ1n) is 10.9. The lowest BCUT2D eigenvalue weighted by Crippen LogP contribution is -2.43. The summed E-state index contributed by atoms with van der Waals surface area (Å²) in [5, 5.41) is 0. The standard InChI is InChI=1S/C23H27FN4O4/c1-32-14-21(30)27-11-9-18-16(13-27)23(31)26-22(25-18)19-8-4-5-10-28(19)20(29)12-15-6-2-3-7-17(15)24/h2-3,6-7,19H,4-5,8-14H2,1H3,(H,25,26,31)/t19-/m0/s1. The van der Waals surface area contributed by atoms with E-state index in [-0.39, 0.29) is 43.0 Å². The lowest BCUT2D eigenvalue weighted by molar-refractivity contribution is -0.136. The van der Waals surface area contributed by atoms with Gasteiger partial charge in [0.05, 0.1) is 30.3 Å². The van der Waals surface area contributed by atoms with Crippen molar-refractivity contribution in [3.63, 3.8) is 0 Å². The van der Waals surface area contributed by atoms with Crippen LogP contribution in [0, 0.1) is 5.82 Å². The number of methoxy groups -OCH3 is 1. The van der Waals surface area contributed by atoms with Crippen molar-refractivity contribution in [2.24, 2.45) is 0 Å². The van der Waals surface area contributed by atoms with Crippen LogP contribution in [0.5, 0.6) is 0 Å². The zero-order valence-electron chi connectivity index (χ0n) is 18.1. The predicted molar refractivity (Wildman–Crippen MR) is 114 cm³/mol. The van der Waals surface area contributed by atoms with Crippen molar-refractivity contribution in [3.8, 4) is 0 Å². The van der Waals surface area contributed by atoms with Crippen LogP contribution in [-0.4, -0.2) is 58.4 Å². The van der Waals surface area contributed by atoms with Crippen molar-refractivity contribution >= 4 is 11.8 Å². The molecular formula is C23H27FN4O4. The molecule has 3 heterocycles. The van der Waals surface area contributed by atoms with Gasteiger partial charge in [-0.15, -0.1) is 0 Å². The highest BCUT2D eigenvalue weighted by Gasteiger charge is 2.32. The van der Waals surface area contributed by atoms with Gasteiger partial charge in [0.15, 0.2) is 0 Å². The molecule has 1 fully saturated rings. The van der Waals surface area contributed by atoms with Crippen LogP contribution in [0.1, 0.15) is 47.9 Å². The van der Waals surface area contributed by atoms with E-state index in [1.54, 1.807) is 28.0 Å². The molecule has 0 aliphatic carbocycles. The summed E-state index contributed by atoms with van der Waals surface area (Å²) in [5.41, 5.74) is 1.21. The number of aromatic amines is 1. The van der Waals surface area contributed by atoms with Gasteiger partial charge in [0.2, 0.25) is 11.8 Å². The number of nitrogens with one attached hydrogen (secondary N) is 1. The Balaban J connectivity index is 1.56. The Morgan fingerprint density at radius 3 is 2.81 bits per heavy atom. The molecule has 9 heteroatoms. The number of ether oxygens (including phenoxy) is 1. The Kier molecular flexibility index (Phi) is 6.64. The fourth-order valence-corrected chi connectivity index (χ4v) is 4.45. The molecule has 2 aromatic rings. The van der Waals surface area contributed by atoms with Gasteiger partial charge in [0, 0.05) is 26.6 Å². The lowest BCUT2D eigenvalue weighted by atomic mass is 9.99. The quantitative estimate of drug-likeness (QED) is 0.761. The number of carbonyl (C=O) groups is 2. The van der Waals surface area contributed by atoms with Crippen LogP contribution in [0.4, 0.5) is 4.39 Å². The molecule has 1 aromatic heterocycles. The Morgan fingerprint density at radius 2 is 2.03 bits per heavy atom. The normalized spacial score (nSPS) is 18.4. The van der Waals surface area contributed by atoms with E-state index in [4.69, 9.17) is 9.72 Å². The molecule has 0 saturated carbocycles. The van der Waals surface area contributed by atoms with Crippen LogP contribution >= 0.6 is 0 Å². The number of hydrogen-bond acceptors (Lipinski definition) is 5. The first-order chi connectivity index (χ1) is 15.5. The number of carbonyl (C=O) groups excluding carboxylic acids is 2. The number of likely N-dealkylation sites (tertiary alicyclic amines) is 1. The summed E-state index contributed by atoms with van der Waals surface area (Å²) >= 11 is 0. The van der Waals surface area contributed by atoms with Gasteiger partial charge in [-0.25, -0.2) is 9.37 Å². The summed E-state index contributed by atoms with van der Waals surface area (Å²) in [6.45, 7) is 1.17. The van der Waals surface area contributed by atoms with Gasteiger partial charge in [-0.3, -0.25) is 14.4 Å². The fraction of sp³-hybridized carbons (Fsp3) is 0.478. The van der Waals surface area contributed by atoms with E-state index in [2.05, 4.69) is 4.98 Å². The molecule has 0 unspecified atom stereocenters. The topological polar surface area (TPSA) is 95.6 Å². The van der Waals surface area contributed by atoms with E-state index in [1.165, 1.54) is 13.2 Å². The van der Waals surface area contributed by atoms with Gasteiger partial charge >= 0.3 is 0 Å².